The Kier molecular flexibility index (Phi) is 3.38. The first-order valence-electron chi connectivity index (χ1n) is 5.38. The summed E-state index contributed by atoms with van der Waals surface area (Å²) in [5.41, 5.74) is 1.71. The molecule has 17 heavy (non-hydrogen) atoms. The highest BCUT2D eigenvalue weighted by atomic mass is 32.1. The molecular formula is C12H13NO3S. The number of rotatable bonds is 2. The van der Waals surface area contributed by atoms with E-state index in [1.807, 2.05) is 18.2 Å². The van der Waals surface area contributed by atoms with E-state index >= 15 is 0 Å². The summed E-state index contributed by atoms with van der Waals surface area (Å²) in [7, 11) is 0. The van der Waals surface area contributed by atoms with E-state index in [0.29, 0.717) is 18.5 Å². The average molecular weight is 251 g/mol. The molecule has 1 aliphatic rings. The number of hydrogen-bond acceptors (Lipinski definition) is 3. The lowest BCUT2D eigenvalue weighted by molar-refractivity contribution is -0.140. The van der Waals surface area contributed by atoms with Gasteiger partial charge in [0.1, 0.15) is 6.04 Å². The fraction of sp³-hybridized carbons (Fsp3) is 0.333. The molecule has 0 aliphatic carbocycles. The Balaban J connectivity index is 2.46. The number of anilines is 1. The first-order valence-corrected chi connectivity index (χ1v) is 6.02. The van der Waals surface area contributed by atoms with Crippen molar-refractivity contribution in [1.82, 2.24) is 0 Å². The molecule has 5 heteroatoms. The standard InChI is InChI=1S/C12H13NO3S/c14-11(7-17)13-9-4-2-1-3-8(9)5-6-10(13)12(15)16/h1-4,10,17H,5-7H2,(H,15,16). The summed E-state index contributed by atoms with van der Waals surface area (Å²) >= 11 is 3.94. The van der Waals surface area contributed by atoms with Crippen molar-refractivity contribution >= 4 is 30.2 Å². The molecule has 0 radical (unpaired) electrons. The first kappa shape index (κ1) is 12.0. The third kappa shape index (κ3) is 2.15. The maximum absolute atomic E-state index is 11.8. The maximum atomic E-state index is 11.8. The zero-order valence-corrected chi connectivity index (χ0v) is 10.1. The number of nitrogens with zero attached hydrogens (tertiary/aromatic N) is 1. The van der Waals surface area contributed by atoms with E-state index in [-0.39, 0.29) is 11.7 Å². The Labute approximate surface area is 105 Å². The van der Waals surface area contributed by atoms with Crippen LogP contribution in [0.4, 0.5) is 5.69 Å². The van der Waals surface area contributed by atoms with Gasteiger partial charge in [0, 0.05) is 5.69 Å². The molecule has 90 valence electrons. The molecule has 1 amide bonds. The Morgan fingerprint density at radius 3 is 2.76 bits per heavy atom. The van der Waals surface area contributed by atoms with Crippen LogP contribution in [-0.4, -0.2) is 28.8 Å². The van der Waals surface area contributed by atoms with Crippen LogP contribution in [0, 0.1) is 0 Å². The van der Waals surface area contributed by atoms with Crippen molar-refractivity contribution in [1.29, 1.82) is 0 Å². The lowest BCUT2D eigenvalue weighted by atomic mass is 9.96. The fourth-order valence-electron chi connectivity index (χ4n) is 2.16. The highest BCUT2D eigenvalue weighted by Crippen LogP contribution is 2.30. The van der Waals surface area contributed by atoms with Gasteiger partial charge in [-0.1, -0.05) is 18.2 Å². The molecule has 1 unspecified atom stereocenters. The molecule has 0 spiro atoms. The van der Waals surface area contributed by atoms with E-state index in [2.05, 4.69) is 12.6 Å². The largest absolute Gasteiger partial charge is 0.480 e. The average Bonchev–Trinajstić information content (AvgIpc) is 2.36. The van der Waals surface area contributed by atoms with Crippen molar-refractivity contribution in [2.45, 2.75) is 18.9 Å². The van der Waals surface area contributed by atoms with Crippen LogP contribution in [0.5, 0.6) is 0 Å². The van der Waals surface area contributed by atoms with E-state index in [9.17, 15) is 9.59 Å². The minimum atomic E-state index is -0.963. The first-order chi connectivity index (χ1) is 8.15. The van der Waals surface area contributed by atoms with Gasteiger partial charge < -0.3 is 5.11 Å². The topological polar surface area (TPSA) is 57.6 Å². The van der Waals surface area contributed by atoms with Gasteiger partial charge >= 0.3 is 5.97 Å². The zero-order chi connectivity index (χ0) is 12.4. The molecule has 1 aromatic rings. The number of carbonyl (C=O) groups excluding carboxylic acids is 1. The lowest BCUT2D eigenvalue weighted by Crippen LogP contribution is -2.48. The van der Waals surface area contributed by atoms with Gasteiger partial charge in [0.25, 0.3) is 0 Å². The third-order valence-corrected chi connectivity index (χ3v) is 3.21. The molecule has 2 rings (SSSR count). The fourth-order valence-corrected chi connectivity index (χ4v) is 2.32. The van der Waals surface area contributed by atoms with Crippen LogP contribution >= 0.6 is 12.6 Å². The zero-order valence-electron chi connectivity index (χ0n) is 9.17. The molecule has 0 saturated carbocycles. The van der Waals surface area contributed by atoms with Crippen molar-refractivity contribution in [3.63, 3.8) is 0 Å². The number of carboxylic acids is 1. The summed E-state index contributed by atoms with van der Waals surface area (Å²) in [5.74, 6) is -1.22. The molecule has 4 nitrogen and oxygen atoms in total. The second-order valence-corrected chi connectivity index (χ2v) is 4.26. The summed E-state index contributed by atoms with van der Waals surface area (Å²) in [6, 6.07) is 6.63. The number of aliphatic carboxylic acids is 1. The molecule has 0 fully saturated rings. The van der Waals surface area contributed by atoms with Gasteiger partial charge in [-0.2, -0.15) is 12.6 Å². The molecule has 1 N–H and O–H groups in total. The van der Waals surface area contributed by atoms with Gasteiger partial charge in [-0.3, -0.25) is 9.69 Å². The molecule has 0 bridgehead atoms. The Morgan fingerprint density at radius 1 is 1.41 bits per heavy atom. The quantitative estimate of drug-likeness (QED) is 0.780. The van der Waals surface area contributed by atoms with Crippen LogP contribution in [-0.2, 0) is 16.0 Å². The van der Waals surface area contributed by atoms with Crippen molar-refractivity contribution < 1.29 is 14.7 Å². The smallest absolute Gasteiger partial charge is 0.326 e. The molecule has 1 aliphatic heterocycles. The second-order valence-electron chi connectivity index (χ2n) is 3.94. The van der Waals surface area contributed by atoms with Crippen LogP contribution in [0.3, 0.4) is 0 Å². The maximum Gasteiger partial charge on any atom is 0.326 e. The van der Waals surface area contributed by atoms with Crippen molar-refractivity contribution in [2.24, 2.45) is 0 Å². The molecule has 0 aromatic heterocycles. The number of fused-ring (bicyclic) bond motifs is 1. The van der Waals surface area contributed by atoms with Gasteiger partial charge in [0.2, 0.25) is 5.91 Å². The normalized spacial score (nSPS) is 18.6. The van der Waals surface area contributed by atoms with Crippen LogP contribution in [0.15, 0.2) is 24.3 Å². The lowest BCUT2D eigenvalue weighted by Gasteiger charge is -2.34. The number of carboxylic acid groups (broad SMARTS) is 1. The summed E-state index contributed by atoms with van der Waals surface area (Å²) in [6.45, 7) is 0. The predicted molar refractivity (Wildman–Crippen MR) is 67.5 cm³/mol. The van der Waals surface area contributed by atoms with E-state index in [4.69, 9.17) is 5.11 Å². The van der Waals surface area contributed by atoms with E-state index in [1.165, 1.54) is 4.90 Å². The van der Waals surface area contributed by atoms with Crippen LogP contribution < -0.4 is 4.90 Å². The summed E-state index contributed by atoms with van der Waals surface area (Å²) in [6.07, 6.45) is 1.13. The SMILES string of the molecule is O=C(O)C1CCc2ccccc2N1C(=O)CS. The molecule has 1 atom stereocenters. The van der Waals surface area contributed by atoms with Crippen molar-refractivity contribution in [3.8, 4) is 0 Å². The van der Waals surface area contributed by atoms with E-state index < -0.39 is 12.0 Å². The van der Waals surface area contributed by atoms with E-state index in [0.717, 1.165) is 5.56 Å². The Hall–Kier alpha value is -1.49. The minimum absolute atomic E-state index is 0.0120. The molecular weight excluding hydrogens is 238 g/mol. The number of benzene rings is 1. The van der Waals surface area contributed by atoms with Crippen molar-refractivity contribution in [2.75, 3.05) is 10.7 Å². The minimum Gasteiger partial charge on any atom is -0.480 e. The van der Waals surface area contributed by atoms with Gasteiger partial charge in [-0.25, -0.2) is 4.79 Å². The van der Waals surface area contributed by atoms with Gasteiger partial charge in [0.05, 0.1) is 5.75 Å². The monoisotopic (exact) mass is 251 g/mol. The number of thiol groups is 1. The highest BCUT2D eigenvalue weighted by Gasteiger charge is 2.34. The predicted octanol–water partition coefficient (Wildman–Crippen LogP) is 1.35. The summed E-state index contributed by atoms with van der Waals surface area (Å²) < 4.78 is 0. The van der Waals surface area contributed by atoms with Crippen LogP contribution in [0.2, 0.25) is 0 Å². The van der Waals surface area contributed by atoms with E-state index in [1.54, 1.807) is 6.07 Å². The van der Waals surface area contributed by atoms with Gasteiger partial charge in [-0.05, 0) is 24.5 Å². The summed E-state index contributed by atoms with van der Waals surface area (Å²) in [4.78, 5) is 24.4. The Bertz CT molecular complexity index is 461. The number of carbonyl (C=O) groups is 2. The number of amides is 1. The molecule has 1 aromatic carbocycles. The number of aryl methyl sites for hydroxylation is 1. The van der Waals surface area contributed by atoms with Gasteiger partial charge in [-0.15, -0.1) is 0 Å². The van der Waals surface area contributed by atoms with Crippen LogP contribution in [0.25, 0.3) is 0 Å². The highest BCUT2D eigenvalue weighted by molar-refractivity contribution is 7.81. The van der Waals surface area contributed by atoms with Crippen molar-refractivity contribution in [3.05, 3.63) is 29.8 Å². The summed E-state index contributed by atoms with van der Waals surface area (Å²) in [5, 5.41) is 9.16. The Morgan fingerprint density at radius 2 is 2.12 bits per heavy atom. The van der Waals surface area contributed by atoms with Crippen LogP contribution in [0.1, 0.15) is 12.0 Å². The number of para-hydroxylation sites is 1. The molecule has 0 saturated heterocycles. The number of hydrogen-bond donors (Lipinski definition) is 2. The van der Waals surface area contributed by atoms with Gasteiger partial charge in [0.15, 0.2) is 0 Å². The second kappa shape index (κ2) is 4.79. The molecule has 1 heterocycles. The third-order valence-electron chi connectivity index (χ3n) is 2.94.